The lowest BCUT2D eigenvalue weighted by Crippen LogP contribution is -2.22. The van der Waals surface area contributed by atoms with Gasteiger partial charge in [-0.2, -0.15) is 5.26 Å². The molecule has 1 rings (SSSR count). The second-order valence-electron chi connectivity index (χ2n) is 3.57. The van der Waals surface area contributed by atoms with E-state index in [9.17, 15) is 5.11 Å². The van der Waals surface area contributed by atoms with E-state index >= 15 is 0 Å². The number of hydrogen-bond donors (Lipinski definition) is 1. The van der Waals surface area contributed by atoms with Gasteiger partial charge in [0.2, 0.25) is 0 Å². The van der Waals surface area contributed by atoms with Crippen LogP contribution in [0, 0.1) is 23.7 Å². The highest BCUT2D eigenvalue weighted by atomic mass is 32.1. The van der Waals surface area contributed by atoms with Gasteiger partial charge in [-0.05, 0) is 20.3 Å². The number of rotatable bonds is 3. The Bertz CT molecular complexity index is 355. The van der Waals surface area contributed by atoms with E-state index in [0.717, 1.165) is 9.88 Å². The van der Waals surface area contributed by atoms with Crippen LogP contribution in [-0.4, -0.2) is 10.1 Å². The molecule has 0 saturated carbocycles. The third-order valence-electron chi connectivity index (χ3n) is 2.50. The van der Waals surface area contributed by atoms with Crippen LogP contribution in [0.25, 0.3) is 0 Å². The summed E-state index contributed by atoms with van der Waals surface area (Å²) in [5, 5.41) is 19.9. The summed E-state index contributed by atoms with van der Waals surface area (Å²) in [4.78, 5) is 4.84. The maximum atomic E-state index is 10.0. The van der Waals surface area contributed by atoms with Gasteiger partial charge in [0, 0.05) is 6.20 Å². The standard InChI is InChI=1S/C10H14N2OS/c1-4-10(3,6-11)9(13)8-5-12-7(2)14-8/h5,9,13H,4H2,1-3H3. The molecule has 76 valence electrons. The zero-order valence-corrected chi connectivity index (χ0v) is 9.43. The van der Waals surface area contributed by atoms with Crippen LogP contribution in [0.5, 0.6) is 0 Å². The van der Waals surface area contributed by atoms with Gasteiger partial charge in [0.15, 0.2) is 0 Å². The predicted molar refractivity (Wildman–Crippen MR) is 55.8 cm³/mol. The summed E-state index contributed by atoms with van der Waals surface area (Å²) < 4.78 is 0. The smallest absolute Gasteiger partial charge is 0.108 e. The fourth-order valence-corrected chi connectivity index (χ4v) is 2.08. The number of aliphatic hydroxyl groups is 1. The van der Waals surface area contributed by atoms with Crippen molar-refractivity contribution >= 4 is 11.3 Å². The number of nitriles is 1. The molecule has 0 aliphatic heterocycles. The van der Waals surface area contributed by atoms with E-state index in [1.807, 2.05) is 13.8 Å². The molecule has 0 saturated heterocycles. The van der Waals surface area contributed by atoms with Crippen LogP contribution in [0.3, 0.4) is 0 Å². The third-order valence-corrected chi connectivity index (χ3v) is 3.47. The van der Waals surface area contributed by atoms with Crippen molar-refractivity contribution in [3.8, 4) is 6.07 Å². The van der Waals surface area contributed by atoms with Crippen molar-refractivity contribution in [1.29, 1.82) is 5.26 Å². The van der Waals surface area contributed by atoms with E-state index in [2.05, 4.69) is 11.1 Å². The summed E-state index contributed by atoms with van der Waals surface area (Å²) in [7, 11) is 0. The van der Waals surface area contributed by atoms with Crippen molar-refractivity contribution in [3.05, 3.63) is 16.1 Å². The maximum absolute atomic E-state index is 10.0. The molecule has 0 aliphatic carbocycles. The molecule has 0 spiro atoms. The molecule has 0 amide bonds. The minimum absolute atomic E-state index is 0.627. The molecular formula is C10H14N2OS. The Labute approximate surface area is 88.0 Å². The zero-order chi connectivity index (χ0) is 10.8. The van der Waals surface area contributed by atoms with Crippen LogP contribution in [0.2, 0.25) is 0 Å². The Kier molecular flexibility index (Phi) is 3.25. The maximum Gasteiger partial charge on any atom is 0.108 e. The van der Waals surface area contributed by atoms with Crippen LogP contribution in [-0.2, 0) is 0 Å². The summed E-state index contributed by atoms with van der Waals surface area (Å²) in [6, 6.07) is 2.16. The van der Waals surface area contributed by atoms with Gasteiger partial charge in [-0.15, -0.1) is 11.3 Å². The fraction of sp³-hybridized carbons (Fsp3) is 0.600. The summed E-state index contributed by atoms with van der Waals surface area (Å²) in [6.07, 6.45) is 1.54. The number of hydrogen-bond acceptors (Lipinski definition) is 4. The van der Waals surface area contributed by atoms with Gasteiger partial charge in [0.25, 0.3) is 0 Å². The van der Waals surface area contributed by atoms with Gasteiger partial charge in [0.05, 0.1) is 21.4 Å². The molecular weight excluding hydrogens is 196 g/mol. The molecule has 0 radical (unpaired) electrons. The fourth-order valence-electron chi connectivity index (χ4n) is 1.15. The molecule has 0 bridgehead atoms. The van der Waals surface area contributed by atoms with E-state index in [1.165, 1.54) is 11.3 Å². The topological polar surface area (TPSA) is 56.9 Å². The summed E-state index contributed by atoms with van der Waals surface area (Å²) in [5.41, 5.74) is -0.709. The quantitative estimate of drug-likeness (QED) is 0.833. The molecule has 0 aromatic carbocycles. The Morgan fingerprint density at radius 1 is 1.79 bits per heavy atom. The molecule has 14 heavy (non-hydrogen) atoms. The number of aliphatic hydroxyl groups excluding tert-OH is 1. The molecule has 0 fully saturated rings. The molecule has 1 aromatic rings. The molecule has 2 atom stereocenters. The second kappa shape index (κ2) is 4.07. The predicted octanol–water partition coefficient (Wildman–Crippen LogP) is 2.42. The average molecular weight is 210 g/mol. The molecule has 1 heterocycles. The van der Waals surface area contributed by atoms with Crippen LogP contribution in [0.4, 0.5) is 0 Å². The lowest BCUT2D eigenvalue weighted by molar-refractivity contribution is 0.0752. The van der Waals surface area contributed by atoms with E-state index in [4.69, 9.17) is 5.26 Å². The number of aromatic nitrogens is 1. The van der Waals surface area contributed by atoms with Gasteiger partial charge < -0.3 is 5.11 Å². The lowest BCUT2D eigenvalue weighted by Gasteiger charge is -2.24. The first kappa shape index (κ1) is 11.2. The summed E-state index contributed by atoms with van der Waals surface area (Å²) in [6.45, 7) is 5.56. The van der Waals surface area contributed by atoms with Crippen LogP contribution >= 0.6 is 11.3 Å². The number of thiazole rings is 1. The van der Waals surface area contributed by atoms with E-state index in [0.29, 0.717) is 6.42 Å². The number of aryl methyl sites for hydroxylation is 1. The van der Waals surface area contributed by atoms with Crippen molar-refractivity contribution in [1.82, 2.24) is 4.98 Å². The van der Waals surface area contributed by atoms with Gasteiger partial charge >= 0.3 is 0 Å². The Balaban J connectivity index is 2.95. The Morgan fingerprint density at radius 3 is 2.79 bits per heavy atom. The Morgan fingerprint density at radius 2 is 2.43 bits per heavy atom. The molecule has 3 nitrogen and oxygen atoms in total. The van der Waals surface area contributed by atoms with Crippen LogP contribution < -0.4 is 0 Å². The second-order valence-corrected chi connectivity index (χ2v) is 4.83. The largest absolute Gasteiger partial charge is 0.386 e. The van der Waals surface area contributed by atoms with Crippen LogP contribution in [0.15, 0.2) is 6.20 Å². The normalized spacial score (nSPS) is 17.1. The summed E-state index contributed by atoms with van der Waals surface area (Å²) in [5.74, 6) is 0. The van der Waals surface area contributed by atoms with Gasteiger partial charge in [-0.1, -0.05) is 6.92 Å². The van der Waals surface area contributed by atoms with Gasteiger partial charge in [-0.3, -0.25) is 0 Å². The highest BCUT2D eigenvalue weighted by Gasteiger charge is 2.33. The third kappa shape index (κ3) is 1.94. The zero-order valence-electron chi connectivity index (χ0n) is 8.61. The van der Waals surface area contributed by atoms with Crippen molar-refractivity contribution in [2.45, 2.75) is 33.3 Å². The molecule has 2 unspecified atom stereocenters. The van der Waals surface area contributed by atoms with Crippen LogP contribution in [0.1, 0.15) is 36.3 Å². The van der Waals surface area contributed by atoms with Crippen molar-refractivity contribution in [2.24, 2.45) is 5.41 Å². The molecule has 0 aliphatic rings. The summed E-state index contributed by atoms with van der Waals surface area (Å²) >= 11 is 1.44. The molecule has 4 heteroatoms. The first-order valence-electron chi connectivity index (χ1n) is 4.55. The number of nitrogens with zero attached hydrogens (tertiary/aromatic N) is 2. The van der Waals surface area contributed by atoms with Gasteiger partial charge in [0.1, 0.15) is 6.10 Å². The molecule has 1 aromatic heterocycles. The SMILES string of the molecule is CCC(C)(C#N)C(O)c1cnc(C)s1. The van der Waals surface area contributed by atoms with Gasteiger partial charge in [-0.25, -0.2) is 4.98 Å². The molecule has 1 N–H and O–H groups in total. The van der Waals surface area contributed by atoms with Crippen molar-refractivity contribution < 1.29 is 5.11 Å². The van der Waals surface area contributed by atoms with E-state index in [-0.39, 0.29) is 0 Å². The minimum Gasteiger partial charge on any atom is -0.386 e. The lowest BCUT2D eigenvalue weighted by atomic mass is 9.83. The highest BCUT2D eigenvalue weighted by Crippen LogP contribution is 2.38. The van der Waals surface area contributed by atoms with Crippen molar-refractivity contribution in [2.75, 3.05) is 0 Å². The van der Waals surface area contributed by atoms with Crippen molar-refractivity contribution in [3.63, 3.8) is 0 Å². The van der Waals surface area contributed by atoms with E-state index < -0.39 is 11.5 Å². The monoisotopic (exact) mass is 210 g/mol. The average Bonchev–Trinajstić information content (AvgIpc) is 2.62. The first-order valence-corrected chi connectivity index (χ1v) is 5.37. The Hall–Kier alpha value is -0.920. The first-order chi connectivity index (χ1) is 6.53. The highest BCUT2D eigenvalue weighted by molar-refractivity contribution is 7.11. The minimum atomic E-state index is -0.733. The van der Waals surface area contributed by atoms with E-state index in [1.54, 1.807) is 13.1 Å².